The van der Waals surface area contributed by atoms with Gasteiger partial charge in [0.05, 0.1) is 17.7 Å². The molecule has 4 rings (SSSR count). The molecule has 0 saturated heterocycles. The average Bonchev–Trinajstić information content (AvgIpc) is 3.03. The Morgan fingerprint density at radius 2 is 1.62 bits per heavy atom. The molecule has 0 saturated carbocycles. The number of carbonyl (C=O) groups is 1. The second-order valence-corrected chi connectivity index (χ2v) is 8.47. The second-order valence-electron chi connectivity index (χ2n) is 6.79. The fraction of sp³-hybridized carbons (Fsp3) is 0.136. The van der Waals surface area contributed by atoms with Crippen LogP contribution in [0.2, 0.25) is 0 Å². The molecule has 0 fully saturated rings. The number of hydrogen-bond acceptors (Lipinski definition) is 5. The minimum atomic E-state index is -3.82. The number of fused-ring (bicyclic) bond motifs is 3. The molecule has 0 unspecified atom stereocenters. The first-order chi connectivity index (χ1) is 13.8. The smallest absolute Gasteiger partial charge is 0.342 e. The number of sulfonamides is 1. The topological polar surface area (TPSA) is 85.6 Å². The van der Waals surface area contributed by atoms with Gasteiger partial charge in [-0.05, 0) is 32.0 Å². The van der Waals surface area contributed by atoms with E-state index >= 15 is 0 Å². The normalized spacial score (nSPS) is 11.7. The van der Waals surface area contributed by atoms with Crippen LogP contribution < -0.4 is 4.72 Å². The maximum Gasteiger partial charge on any atom is 0.342 e. The number of aryl methyl sites for hydroxylation is 2. The van der Waals surface area contributed by atoms with E-state index in [2.05, 4.69) is 4.72 Å². The summed E-state index contributed by atoms with van der Waals surface area (Å²) in [4.78, 5) is 12.4. The number of methoxy groups -OCH3 is 1. The van der Waals surface area contributed by atoms with Crippen molar-refractivity contribution >= 4 is 43.4 Å². The molecular formula is C22H19NO5S. The molecule has 0 aliphatic carbocycles. The quantitative estimate of drug-likeness (QED) is 0.490. The molecule has 0 spiro atoms. The number of benzene rings is 3. The second kappa shape index (κ2) is 6.93. The number of rotatable bonds is 4. The first kappa shape index (κ1) is 19.0. The van der Waals surface area contributed by atoms with Crippen molar-refractivity contribution in [1.82, 2.24) is 0 Å². The number of nitrogens with one attached hydrogen (secondary N) is 1. The van der Waals surface area contributed by atoms with Gasteiger partial charge in [-0.15, -0.1) is 0 Å². The lowest BCUT2D eigenvalue weighted by Gasteiger charge is -2.12. The molecule has 4 aromatic rings. The van der Waals surface area contributed by atoms with Gasteiger partial charge in [0, 0.05) is 16.2 Å². The van der Waals surface area contributed by atoms with Gasteiger partial charge in [-0.1, -0.05) is 42.0 Å². The van der Waals surface area contributed by atoms with Crippen LogP contribution in [0.5, 0.6) is 0 Å². The average molecular weight is 409 g/mol. The standard InChI is InChI=1S/C22H19NO5S/c1-13-8-10-15(11-9-13)29(25,26)23-19-12-18-20(22(24)27-3)14(2)28-21(18)17-7-5-4-6-16(17)19/h4-12,23H,1-3H3. The van der Waals surface area contributed by atoms with Gasteiger partial charge in [-0.2, -0.15) is 0 Å². The third kappa shape index (κ3) is 3.23. The predicted octanol–water partition coefficient (Wildman–Crippen LogP) is 4.79. The van der Waals surface area contributed by atoms with E-state index in [4.69, 9.17) is 9.15 Å². The minimum Gasteiger partial charge on any atom is -0.465 e. The molecule has 7 heteroatoms. The van der Waals surface area contributed by atoms with E-state index in [1.807, 2.05) is 25.1 Å². The van der Waals surface area contributed by atoms with Crippen LogP contribution in [0.4, 0.5) is 5.69 Å². The van der Waals surface area contributed by atoms with Crippen LogP contribution in [0, 0.1) is 13.8 Å². The van der Waals surface area contributed by atoms with Gasteiger partial charge in [0.15, 0.2) is 0 Å². The van der Waals surface area contributed by atoms with Crippen molar-refractivity contribution in [2.75, 3.05) is 11.8 Å². The van der Waals surface area contributed by atoms with E-state index < -0.39 is 16.0 Å². The fourth-order valence-electron chi connectivity index (χ4n) is 3.40. The van der Waals surface area contributed by atoms with Crippen LogP contribution in [0.3, 0.4) is 0 Å². The Balaban J connectivity index is 1.95. The summed E-state index contributed by atoms with van der Waals surface area (Å²) in [6, 6.07) is 15.5. The molecule has 6 nitrogen and oxygen atoms in total. The zero-order valence-corrected chi connectivity index (χ0v) is 17.0. The van der Waals surface area contributed by atoms with Crippen LogP contribution in [0.15, 0.2) is 63.9 Å². The zero-order chi connectivity index (χ0) is 20.8. The maximum absolute atomic E-state index is 12.9. The maximum atomic E-state index is 12.9. The highest BCUT2D eigenvalue weighted by Gasteiger charge is 2.23. The lowest BCUT2D eigenvalue weighted by molar-refractivity contribution is 0.0600. The van der Waals surface area contributed by atoms with Gasteiger partial charge >= 0.3 is 5.97 Å². The molecule has 0 aliphatic heterocycles. The highest BCUT2D eigenvalue weighted by molar-refractivity contribution is 7.92. The van der Waals surface area contributed by atoms with Gasteiger partial charge in [-0.25, -0.2) is 13.2 Å². The van der Waals surface area contributed by atoms with Crippen LogP contribution in [-0.4, -0.2) is 21.5 Å². The Labute approximate surface area is 168 Å². The third-order valence-electron chi connectivity index (χ3n) is 4.84. The van der Waals surface area contributed by atoms with Gasteiger partial charge in [0.1, 0.15) is 16.9 Å². The minimum absolute atomic E-state index is 0.156. The molecule has 0 bridgehead atoms. The zero-order valence-electron chi connectivity index (χ0n) is 16.1. The van der Waals surface area contributed by atoms with Crippen molar-refractivity contribution in [3.05, 3.63) is 71.5 Å². The van der Waals surface area contributed by atoms with Crippen molar-refractivity contribution in [1.29, 1.82) is 0 Å². The lowest BCUT2D eigenvalue weighted by Crippen LogP contribution is -2.13. The van der Waals surface area contributed by atoms with Gasteiger partial charge in [0.2, 0.25) is 0 Å². The number of hydrogen-bond donors (Lipinski definition) is 1. The van der Waals surface area contributed by atoms with Crippen molar-refractivity contribution in [3.63, 3.8) is 0 Å². The number of anilines is 1. The van der Waals surface area contributed by atoms with Crippen molar-refractivity contribution in [3.8, 4) is 0 Å². The van der Waals surface area contributed by atoms with Crippen LogP contribution in [0.25, 0.3) is 21.7 Å². The molecule has 0 atom stereocenters. The Kier molecular flexibility index (Phi) is 4.55. The fourth-order valence-corrected chi connectivity index (χ4v) is 4.47. The molecule has 3 aromatic carbocycles. The van der Waals surface area contributed by atoms with Gasteiger partial charge < -0.3 is 9.15 Å². The van der Waals surface area contributed by atoms with E-state index in [1.165, 1.54) is 7.11 Å². The Morgan fingerprint density at radius 3 is 2.28 bits per heavy atom. The summed E-state index contributed by atoms with van der Waals surface area (Å²) < 4.78 is 39.3. The molecule has 148 valence electrons. The molecule has 1 N–H and O–H groups in total. The number of carbonyl (C=O) groups excluding carboxylic acids is 1. The molecule has 1 aromatic heterocycles. The highest BCUT2D eigenvalue weighted by Crippen LogP contribution is 2.37. The summed E-state index contributed by atoms with van der Waals surface area (Å²) in [6.07, 6.45) is 0. The number of esters is 1. The lowest BCUT2D eigenvalue weighted by atomic mass is 10.0. The molecule has 0 amide bonds. The van der Waals surface area contributed by atoms with Crippen LogP contribution in [0.1, 0.15) is 21.7 Å². The van der Waals surface area contributed by atoms with E-state index in [-0.39, 0.29) is 10.5 Å². The van der Waals surface area contributed by atoms with Crippen LogP contribution >= 0.6 is 0 Å². The Morgan fingerprint density at radius 1 is 0.966 bits per heavy atom. The van der Waals surface area contributed by atoms with Crippen molar-refractivity contribution in [2.24, 2.45) is 0 Å². The van der Waals surface area contributed by atoms with E-state index in [0.29, 0.717) is 33.2 Å². The Bertz CT molecular complexity index is 1350. The molecule has 29 heavy (non-hydrogen) atoms. The largest absolute Gasteiger partial charge is 0.465 e. The Hall–Kier alpha value is -3.32. The molecule has 1 heterocycles. The number of furan rings is 1. The summed E-state index contributed by atoms with van der Waals surface area (Å²) in [5, 5.41) is 1.86. The van der Waals surface area contributed by atoms with Crippen molar-refractivity contribution < 1.29 is 22.4 Å². The summed E-state index contributed by atoms with van der Waals surface area (Å²) in [7, 11) is -2.52. The van der Waals surface area contributed by atoms with E-state index in [0.717, 1.165) is 5.56 Å². The monoisotopic (exact) mass is 409 g/mol. The SMILES string of the molecule is COC(=O)c1c(C)oc2c1cc(NS(=O)(=O)c1ccc(C)cc1)c1ccccc12. The summed E-state index contributed by atoms with van der Waals surface area (Å²) in [5.41, 5.74) is 2.12. The van der Waals surface area contributed by atoms with E-state index in [9.17, 15) is 13.2 Å². The summed E-state index contributed by atoms with van der Waals surface area (Å²) in [6.45, 7) is 3.57. The van der Waals surface area contributed by atoms with Gasteiger partial charge in [0.25, 0.3) is 10.0 Å². The summed E-state index contributed by atoms with van der Waals surface area (Å²) in [5.74, 6) is -0.126. The first-order valence-corrected chi connectivity index (χ1v) is 10.4. The van der Waals surface area contributed by atoms with Crippen LogP contribution in [-0.2, 0) is 14.8 Å². The predicted molar refractivity (Wildman–Crippen MR) is 112 cm³/mol. The third-order valence-corrected chi connectivity index (χ3v) is 6.22. The first-order valence-electron chi connectivity index (χ1n) is 8.94. The molecular weight excluding hydrogens is 390 g/mol. The highest BCUT2D eigenvalue weighted by atomic mass is 32.2. The molecule has 0 aliphatic rings. The van der Waals surface area contributed by atoms with Crippen molar-refractivity contribution in [2.45, 2.75) is 18.7 Å². The van der Waals surface area contributed by atoms with E-state index in [1.54, 1.807) is 43.3 Å². The van der Waals surface area contributed by atoms with Gasteiger partial charge in [-0.3, -0.25) is 4.72 Å². The number of ether oxygens (including phenoxy) is 1. The summed E-state index contributed by atoms with van der Waals surface area (Å²) >= 11 is 0. The molecule has 0 radical (unpaired) electrons.